The summed E-state index contributed by atoms with van der Waals surface area (Å²) in [6.45, 7) is 9.87. The summed E-state index contributed by atoms with van der Waals surface area (Å²) in [7, 11) is 0. The first-order valence-electron chi connectivity index (χ1n) is 9.34. The van der Waals surface area contributed by atoms with Crippen LogP contribution in [0.25, 0.3) is 0 Å². The van der Waals surface area contributed by atoms with E-state index < -0.39 is 11.6 Å². The summed E-state index contributed by atoms with van der Waals surface area (Å²) in [5, 5.41) is 0. The van der Waals surface area contributed by atoms with Crippen LogP contribution in [0.4, 0.5) is 14.5 Å². The number of rotatable bonds is 9. The van der Waals surface area contributed by atoms with Crippen molar-refractivity contribution in [1.29, 1.82) is 0 Å². The number of aliphatic imine (C=N–C) groups is 2. The summed E-state index contributed by atoms with van der Waals surface area (Å²) in [5.74, 6) is -1.72. The number of allylic oxidation sites excluding steroid dienone is 3. The van der Waals surface area contributed by atoms with E-state index >= 15 is 0 Å². The number of unbranched alkanes of at least 4 members (excludes halogenated alkanes) is 2. The van der Waals surface area contributed by atoms with E-state index in [1.54, 1.807) is 6.92 Å². The quantitative estimate of drug-likeness (QED) is 0.414. The van der Waals surface area contributed by atoms with E-state index in [0.717, 1.165) is 55.2 Å². The summed E-state index contributed by atoms with van der Waals surface area (Å²) < 4.78 is 27.0. The van der Waals surface area contributed by atoms with Crippen molar-refractivity contribution in [2.45, 2.75) is 66.7 Å². The number of halogens is 2. The van der Waals surface area contributed by atoms with Gasteiger partial charge in [0.05, 0.1) is 5.69 Å². The Balaban J connectivity index is 3.28. The average molecular weight is 360 g/mol. The van der Waals surface area contributed by atoms with E-state index in [1.165, 1.54) is 6.07 Å². The zero-order valence-electron chi connectivity index (χ0n) is 16.6. The van der Waals surface area contributed by atoms with Crippen LogP contribution >= 0.6 is 0 Å². The third kappa shape index (κ3) is 6.66. The summed E-state index contributed by atoms with van der Waals surface area (Å²) in [6.07, 6.45) is 10.7. The van der Waals surface area contributed by atoms with Crippen molar-refractivity contribution in [2.24, 2.45) is 9.98 Å². The molecule has 0 aliphatic heterocycles. The first-order chi connectivity index (χ1) is 12.4. The molecule has 1 aromatic rings. The van der Waals surface area contributed by atoms with Gasteiger partial charge in [0, 0.05) is 29.3 Å². The molecule has 2 nitrogen and oxygen atoms in total. The smallest absolute Gasteiger partial charge is 0.160 e. The molecule has 0 aliphatic carbocycles. The Morgan fingerprint density at radius 2 is 1.81 bits per heavy atom. The second kappa shape index (κ2) is 11.5. The molecule has 0 heterocycles. The molecule has 0 atom stereocenters. The van der Waals surface area contributed by atoms with Crippen LogP contribution < -0.4 is 0 Å². The van der Waals surface area contributed by atoms with Gasteiger partial charge in [-0.2, -0.15) is 0 Å². The van der Waals surface area contributed by atoms with Crippen molar-refractivity contribution in [3.05, 3.63) is 53.3 Å². The minimum absolute atomic E-state index is 0.462. The minimum Gasteiger partial charge on any atom is -0.261 e. The van der Waals surface area contributed by atoms with Gasteiger partial charge in [0.15, 0.2) is 11.6 Å². The van der Waals surface area contributed by atoms with Gasteiger partial charge in [-0.1, -0.05) is 38.8 Å². The van der Waals surface area contributed by atoms with Gasteiger partial charge < -0.3 is 0 Å². The third-order valence-corrected chi connectivity index (χ3v) is 4.08. The van der Waals surface area contributed by atoms with Crippen molar-refractivity contribution in [1.82, 2.24) is 0 Å². The van der Waals surface area contributed by atoms with Crippen LogP contribution in [-0.2, 0) is 0 Å². The topological polar surface area (TPSA) is 24.7 Å². The van der Waals surface area contributed by atoms with E-state index in [9.17, 15) is 8.78 Å². The molecule has 1 rings (SSSR count). The number of aryl methyl sites for hydroxylation is 1. The molecule has 0 radical (unpaired) electrons. The maximum atomic E-state index is 13.7. The summed E-state index contributed by atoms with van der Waals surface area (Å²) >= 11 is 0. The Morgan fingerprint density at radius 1 is 1.12 bits per heavy atom. The molecule has 0 saturated heterocycles. The Bertz CT molecular complexity index is 713. The molecule has 0 fully saturated rings. The minimum atomic E-state index is -0.876. The number of hydrogen-bond donors (Lipinski definition) is 0. The SMILES string of the molecule is C\C=C(C(CCCC)=Nc1cc(F)c(F)cc1C)/C(C)=N/C=C/CCC. The molecule has 0 bridgehead atoms. The molecule has 4 heteroatoms. The van der Waals surface area contributed by atoms with Crippen molar-refractivity contribution in [3.8, 4) is 0 Å². The van der Waals surface area contributed by atoms with E-state index in [1.807, 2.05) is 32.2 Å². The molecule has 0 aromatic heterocycles. The Morgan fingerprint density at radius 3 is 2.42 bits per heavy atom. The summed E-state index contributed by atoms with van der Waals surface area (Å²) in [6, 6.07) is 2.35. The van der Waals surface area contributed by atoms with E-state index in [2.05, 4.69) is 23.8 Å². The highest BCUT2D eigenvalue weighted by Crippen LogP contribution is 2.24. The summed E-state index contributed by atoms with van der Waals surface area (Å²) in [4.78, 5) is 9.18. The normalized spacial score (nSPS) is 13.7. The first kappa shape index (κ1) is 21.9. The molecule has 0 saturated carbocycles. The van der Waals surface area contributed by atoms with Crippen molar-refractivity contribution >= 4 is 17.1 Å². The van der Waals surface area contributed by atoms with Gasteiger partial charge in [-0.25, -0.2) is 8.78 Å². The molecular formula is C22H30F2N2. The van der Waals surface area contributed by atoms with E-state index in [4.69, 9.17) is 0 Å². The van der Waals surface area contributed by atoms with Crippen LogP contribution in [0.15, 0.2) is 46.0 Å². The van der Waals surface area contributed by atoms with Crippen molar-refractivity contribution < 1.29 is 8.78 Å². The van der Waals surface area contributed by atoms with Crippen molar-refractivity contribution in [3.63, 3.8) is 0 Å². The Hall–Kier alpha value is -2.10. The lowest BCUT2D eigenvalue weighted by atomic mass is 10.0. The van der Waals surface area contributed by atoms with Crippen LogP contribution in [0, 0.1) is 18.6 Å². The fourth-order valence-corrected chi connectivity index (χ4v) is 2.56. The monoisotopic (exact) mass is 360 g/mol. The molecule has 142 valence electrons. The Labute approximate surface area is 156 Å². The maximum absolute atomic E-state index is 13.7. The standard InChI is InChI=1S/C22H30F2N2/c1-6-9-11-13-25-17(5)18(8-3)21(12-10-7-2)26-22-15-20(24)19(23)14-16(22)4/h8,11,13-15H,6-7,9-10,12H2,1-5H3/b13-11+,18-8+,25-17+,26-21?. The molecule has 0 amide bonds. The average Bonchev–Trinajstić information content (AvgIpc) is 2.61. The molecule has 1 aromatic carbocycles. The van der Waals surface area contributed by atoms with E-state index in [0.29, 0.717) is 11.3 Å². The van der Waals surface area contributed by atoms with Crippen LogP contribution in [0.2, 0.25) is 0 Å². The lowest BCUT2D eigenvalue weighted by Gasteiger charge is -2.12. The van der Waals surface area contributed by atoms with Gasteiger partial charge in [-0.15, -0.1) is 0 Å². The van der Waals surface area contributed by atoms with Gasteiger partial charge in [0.1, 0.15) is 0 Å². The van der Waals surface area contributed by atoms with Gasteiger partial charge in [0.2, 0.25) is 0 Å². The van der Waals surface area contributed by atoms with Gasteiger partial charge in [-0.3, -0.25) is 9.98 Å². The van der Waals surface area contributed by atoms with Gasteiger partial charge >= 0.3 is 0 Å². The fraction of sp³-hybridized carbons (Fsp3) is 0.455. The van der Waals surface area contributed by atoms with Gasteiger partial charge in [0.25, 0.3) is 0 Å². The Kier molecular flexibility index (Phi) is 9.71. The number of nitrogens with zero attached hydrogens (tertiary/aromatic N) is 2. The molecule has 0 spiro atoms. The lowest BCUT2D eigenvalue weighted by molar-refractivity contribution is 0.508. The van der Waals surface area contributed by atoms with Crippen molar-refractivity contribution in [2.75, 3.05) is 0 Å². The molecule has 26 heavy (non-hydrogen) atoms. The fourth-order valence-electron chi connectivity index (χ4n) is 2.56. The highest BCUT2D eigenvalue weighted by Gasteiger charge is 2.12. The van der Waals surface area contributed by atoms with Gasteiger partial charge in [-0.05, 0) is 51.7 Å². The number of benzene rings is 1. The highest BCUT2D eigenvalue weighted by atomic mass is 19.2. The molecular weight excluding hydrogens is 330 g/mol. The third-order valence-electron chi connectivity index (χ3n) is 4.08. The van der Waals surface area contributed by atoms with E-state index in [-0.39, 0.29) is 0 Å². The molecule has 0 N–H and O–H groups in total. The predicted octanol–water partition coefficient (Wildman–Crippen LogP) is 7.26. The summed E-state index contributed by atoms with van der Waals surface area (Å²) in [5.41, 5.74) is 3.75. The highest BCUT2D eigenvalue weighted by molar-refractivity contribution is 6.24. The lowest BCUT2D eigenvalue weighted by Crippen LogP contribution is -2.10. The largest absolute Gasteiger partial charge is 0.261 e. The predicted molar refractivity (Wildman–Crippen MR) is 109 cm³/mol. The zero-order chi connectivity index (χ0) is 19.5. The second-order valence-electron chi connectivity index (χ2n) is 6.31. The maximum Gasteiger partial charge on any atom is 0.160 e. The van der Waals surface area contributed by atoms with Crippen LogP contribution in [0.1, 0.15) is 65.4 Å². The van der Waals surface area contributed by atoms with Crippen LogP contribution in [-0.4, -0.2) is 11.4 Å². The second-order valence-corrected chi connectivity index (χ2v) is 6.31. The van der Waals surface area contributed by atoms with Crippen LogP contribution in [0.3, 0.4) is 0 Å². The first-order valence-corrected chi connectivity index (χ1v) is 9.34. The molecule has 0 unspecified atom stereocenters. The molecule has 0 aliphatic rings. The van der Waals surface area contributed by atoms with Crippen LogP contribution in [0.5, 0.6) is 0 Å². The number of hydrogen-bond acceptors (Lipinski definition) is 2. The zero-order valence-corrected chi connectivity index (χ0v) is 16.6.